The second kappa shape index (κ2) is 5.09. The lowest BCUT2D eigenvalue weighted by atomic mass is 9.97. The highest BCUT2D eigenvalue weighted by Crippen LogP contribution is 2.35. The molecule has 3 aromatic rings. The van der Waals surface area contributed by atoms with Gasteiger partial charge in [-0.2, -0.15) is 10.2 Å². The average Bonchev–Trinajstić information content (AvgIpc) is 3.04. The van der Waals surface area contributed by atoms with Crippen LogP contribution in [0.2, 0.25) is 0 Å². The Labute approximate surface area is 123 Å². The molecule has 0 saturated carbocycles. The molecule has 4 N–H and O–H groups in total. The number of H-pyrrole nitrogens is 2. The van der Waals surface area contributed by atoms with Crippen LogP contribution in [0.1, 0.15) is 31.0 Å². The molecule has 2 heterocycles. The van der Waals surface area contributed by atoms with Gasteiger partial charge in [-0.25, -0.2) is 0 Å². The number of aryl methyl sites for hydroxylation is 1. The first kappa shape index (κ1) is 13.4. The number of rotatable bonds is 3. The summed E-state index contributed by atoms with van der Waals surface area (Å²) in [5.74, 6) is 1.01. The molecule has 108 valence electrons. The molecular formula is C16H19N5. The van der Waals surface area contributed by atoms with Crippen LogP contribution in [0.3, 0.4) is 0 Å². The number of nitrogen functional groups attached to an aromatic ring is 1. The molecule has 5 heteroatoms. The third-order valence-electron chi connectivity index (χ3n) is 3.76. The van der Waals surface area contributed by atoms with E-state index in [0.717, 1.165) is 28.1 Å². The maximum atomic E-state index is 6.05. The van der Waals surface area contributed by atoms with Gasteiger partial charge in [-0.15, -0.1) is 0 Å². The van der Waals surface area contributed by atoms with E-state index in [-0.39, 0.29) is 0 Å². The van der Waals surface area contributed by atoms with E-state index in [1.165, 1.54) is 5.56 Å². The fourth-order valence-electron chi connectivity index (χ4n) is 2.48. The molecule has 0 radical (unpaired) electrons. The smallest absolute Gasteiger partial charge is 0.153 e. The summed E-state index contributed by atoms with van der Waals surface area (Å²) in [6.45, 7) is 6.34. The third-order valence-corrected chi connectivity index (χ3v) is 3.76. The lowest BCUT2D eigenvalue weighted by molar-refractivity contribution is 0.867. The van der Waals surface area contributed by atoms with Gasteiger partial charge in [-0.05, 0) is 24.0 Å². The highest BCUT2D eigenvalue weighted by Gasteiger charge is 2.17. The van der Waals surface area contributed by atoms with Crippen molar-refractivity contribution in [3.8, 4) is 22.4 Å². The van der Waals surface area contributed by atoms with E-state index in [0.29, 0.717) is 11.7 Å². The van der Waals surface area contributed by atoms with Crippen molar-refractivity contribution in [2.24, 2.45) is 0 Å². The number of nitrogens with one attached hydrogen (secondary N) is 2. The summed E-state index contributed by atoms with van der Waals surface area (Å²) in [7, 11) is 0. The van der Waals surface area contributed by atoms with Crippen molar-refractivity contribution >= 4 is 5.82 Å². The molecule has 0 aliphatic carbocycles. The van der Waals surface area contributed by atoms with Crippen LogP contribution in [0.15, 0.2) is 30.5 Å². The predicted octanol–water partition coefficient (Wildman–Crippen LogP) is 3.48. The lowest BCUT2D eigenvalue weighted by Crippen LogP contribution is -1.91. The number of nitrogens with two attached hydrogens (primary N) is 1. The van der Waals surface area contributed by atoms with Crippen molar-refractivity contribution in [1.82, 2.24) is 20.4 Å². The van der Waals surface area contributed by atoms with Gasteiger partial charge in [-0.3, -0.25) is 10.2 Å². The van der Waals surface area contributed by atoms with Crippen molar-refractivity contribution in [2.75, 3.05) is 5.73 Å². The zero-order valence-corrected chi connectivity index (χ0v) is 12.4. The Morgan fingerprint density at radius 3 is 2.38 bits per heavy atom. The summed E-state index contributed by atoms with van der Waals surface area (Å²) in [6.07, 6.45) is 1.79. The van der Waals surface area contributed by atoms with Gasteiger partial charge in [0.25, 0.3) is 0 Å². The first-order valence-corrected chi connectivity index (χ1v) is 7.02. The molecule has 5 nitrogen and oxygen atoms in total. The highest BCUT2D eigenvalue weighted by molar-refractivity contribution is 5.88. The monoisotopic (exact) mass is 281 g/mol. The predicted molar refractivity (Wildman–Crippen MR) is 84.8 cm³/mol. The molecule has 0 amide bonds. The average molecular weight is 281 g/mol. The highest BCUT2D eigenvalue weighted by atomic mass is 15.2. The quantitative estimate of drug-likeness (QED) is 0.687. The minimum absolute atomic E-state index is 0.503. The number of aromatic amines is 2. The molecule has 3 rings (SSSR count). The Kier molecular flexibility index (Phi) is 3.25. The van der Waals surface area contributed by atoms with Gasteiger partial charge in [0.1, 0.15) is 0 Å². The van der Waals surface area contributed by atoms with Crippen LogP contribution in [-0.4, -0.2) is 20.4 Å². The maximum absolute atomic E-state index is 6.05. The topological polar surface area (TPSA) is 83.4 Å². The van der Waals surface area contributed by atoms with Crippen LogP contribution in [0.25, 0.3) is 22.4 Å². The first-order valence-electron chi connectivity index (χ1n) is 7.02. The molecular weight excluding hydrogens is 262 g/mol. The van der Waals surface area contributed by atoms with Crippen LogP contribution in [-0.2, 0) is 0 Å². The number of hydrogen-bond acceptors (Lipinski definition) is 3. The molecule has 0 unspecified atom stereocenters. The summed E-state index contributed by atoms with van der Waals surface area (Å²) in [4.78, 5) is 0. The number of anilines is 1. The summed E-state index contributed by atoms with van der Waals surface area (Å²) < 4.78 is 0. The molecule has 2 aromatic heterocycles. The zero-order chi connectivity index (χ0) is 15.0. The zero-order valence-electron chi connectivity index (χ0n) is 12.4. The molecule has 0 spiro atoms. The third kappa shape index (κ3) is 2.31. The molecule has 1 aromatic carbocycles. The normalized spacial score (nSPS) is 11.2. The minimum atomic E-state index is 0.503. The summed E-state index contributed by atoms with van der Waals surface area (Å²) in [5, 5.41) is 14.2. The minimum Gasteiger partial charge on any atom is -0.382 e. The van der Waals surface area contributed by atoms with E-state index < -0.39 is 0 Å². The Morgan fingerprint density at radius 2 is 1.81 bits per heavy atom. The van der Waals surface area contributed by atoms with Gasteiger partial charge in [0, 0.05) is 11.3 Å². The summed E-state index contributed by atoms with van der Waals surface area (Å²) in [6, 6.07) is 8.46. The Balaban J connectivity index is 2.10. The van der Waals surface area contributed by atoms with Gasteiger partial charge >= 0.3 is 0 Å². The van der Waals surface area contributed by atoms with Crippen LogP contribution < -0.4 is 5.73 Å². The molecule has 0 fully saturated rings. The second-order valence-corrected chi connectivity index (χ2v) is 5.54. The van der Waals surface area contributed by atoms with E-state index in [9.17, 15) is 0 Å². The van der Waals surface area contributed by atoms with E-state index in [4.69, 9.17) is 5.73 Å². The van der Waals surface area contributed by atoms with Gasteiger partial charge < -0.3 is 5.73 Å². The molecule has 0 atom stereocenters. The fourth-order valence-corrected chi connectivity index (χ4v) is 2.48. The van der Waals surface area contributed by atoms with Gasteiger partial charge in [0.15, 0.2) is 5.82 Å². The second-order valence-electron chi connectivity index (χ2n) is 5.54. The van der Waals surface area contributed by atoms with E-state index in [2.05, 4.69) is 58.5 Å². The summed E-state index contributed by atoms with van der Waals surface area (Å²) in [5.41, 5.74) is 12.2. The van der Waals surface area contributed by atoms with Crippen LogP contribution in [0.5, 0.6) is 0 Å². The molecule has 0 aliphatic heterocycles. The Morgan fingerprint density at radius 1 is 1.10 bits per heavy atom. The van der Waals surface area contributed by atoms with Gasteiger partial charge in [0.2, 0.25) is 0 Å². The number of aromatic nitrogens is 4. The first-order chi connectivity index (χ1) is 10.1. The summed E-state index contributed by atoms with van der Waals surface area (Å²) >= 11 is 0. The molecule has 0 aliphatic rings. The van der Waals surface area contributed by atoms with Crippen molar-refractivity contribution in [2.45, 2.75) is 26.7 Å². The van der Waals surface area contributed by atoms with Crippen LogP contribution >= 0.6 is 0 Å². The van der Waals surface area contributed by atoms with Crippen molar-refractivity contribution in [3.05, 3.63) is 41.7 Å². The van der Waals surface area contributed by atoms with Crippen molar-refractivity contribution in [3.63, 3.8) is 0 Å². The van der Waals surface area contributed by atoms with Crippen molar-refractivity contribution < 1.29 is 0 Å². The SMILES string of the molecule is Cc1[nH]ncc1-c1[nH]nc(N)c1-c1ccc(C(C)C)cc1. The maximum Gasteiger partial charge on any atom is 0.153 e. The molecule has 21 heavy (non-hydrogen) atoms. The number of benzene rings is 1. The van der Waals surface area contributed by atoms with E-state index in [1.807, 2.05) is 6.92 Å². The van der Waals surface area contributed by atoms with Gasteiger partial charge in [0.05, 0.1) is 17.5 Å². The van der Waals surface area contributed by atoms with Crippen molar-refractivity contribution in [1.29, 1.82) is 0 Å². The lowest BCUT2D eigenvalue weighted by Gasteiger charge is -2.08. The molecule has 0 bridgehead atoms. The fraction of sp³-hybridized carbons (Fsp3) is 0.250. The Bertz CT molecular complexity index is 749. The largest absolute Gasteiger partial charge is 0.382 e. The Hall–Kier alpha value is -2.56. The standard InChI is InChI=1S/C16H19N5/c1-9(2)11-4-6-12(7-5-11)14-15(20-21-16(14)17)13-8-18-19-10(13)3/h4-9H,1-3H3,(H,18,19)(H3,17,20,21). The number of nitrogens with zero attached hydrogens (tertiary/aromatic N) is 2. The van der Waals surface area contributed by atoms with E-state index >= 15 is 0 Å². The van der Waals surface area contributed by atoms with Crippen LogP contribution in [0.4, 0.5) is 5.82 Å². The number of hydrogen-bond donors (Lipinski definition) is 3. The molecule has 0 saturated heterocycles. The van der Waals surface area contributed by atoms with Crippen LogP contribution in [0, 0.1) is 6.92 Å². The van der Waals surface area contributed by atoms with Gasteiger partial charge in [-0.1, -0.05) is 38.1 Å². The van der Waals surface area contributed by atoms with E-state index in [1.54, 1.807) is 6.20 Å².